The van der Waals surface area contributed by atoms with Gasteiger partial charge in [-0.25, -0.2) is 0 Å². The lowest BCUT2D eigenvalue weighted by Crippen LogP contribution is -2.46. The van der Waals surface area contributed by atoms with E-state index in [1.807, 2.05) is 23.1 Å². The molecule has 30 heavy (non-hydrogen) atoms. The highest BCUT2D eigenvalue weighted by atomic mass is 16.5. The Labute approximate surface area is 176 Å². The molecule has 4 rings (SSSR count). The summed E-state index contributed by atoms with van der Waals surface area (Å²) in [5, 5.41) is 3.98. The normalized spacial score (nSPS) is 20.2. The summed E-state index contributed by atoms with van der Waals surface area (Å²) in [7, 11) is 1.61. The maximum atomic E-state index is 12.9. The molecule has 8 nitrogen and oxygen atoms in total. The van der Waals surface area contributed by atoms with E-state index < -0.39 is 0 Å². The summed E-state index contributed by atoms with van der Waals surface area (Å²) in [6, 6.07) is 9.02. The molecule has 0 aliphatic carbocycles. The summed E-state index contributed by atoms with van der Waals surface area (Å²) in [5.74, 6) is 2.32. The van der Waals surface area contributed by atoms with Crippen LogP contribution in [0.25, 0.3) is 0 Å². The summed E-state index contributed by atoms with van der Waals surface area (Å²) >= 11 is 0. The van der Waals surface area contributed by atoms with Crippen LogP contribution in [-0.2, 0) is 11.3 Å². The number of hydrogen-bond donors (Lipinski definition) is 0. The van der Waals surface area contributed by atoms with E-state index in [1.165, 1.54) is 0 Å². The van der Waals surface area contributed by atoms with E-state index in [-0.39, 0.29) is 12.5 Å². The van der Waals surface area contributed by atoms with Gasteiger partial charge >= 0.3 is 0 Å². The zero-order chi connectivity index (χ0) is 20.8. The molecular weight excluding hydrogens is 386 g/mol. The molecular formula is C22H29N3O5. The Balaban J connectivity index is 1.30. The highest BCUT2D eigenvalue weighted by Gasteiger charge is 2.28. The first kappa shape index (κ1) is 20.7. The molecule has 8 heteroatoms. The van der Waals surface area contributed by atoms with Crippen molar-refractivity contribution in [3.8, 4) is 11.5 Å². The number of amides is 1. The molecule has 3 heterocycles. The minimum atomic E-state index is -0.0712. The van der Waals surface area contributed by atoms with Gasteiger partial charge in [0.25, 0.3) is 5.91 Å². The van der Waals surface area contributed by atoms with Crippen molar-refractivity contribution in [2.45, 2.75) is 19.4 Å². The first-order valence-corrected chi connectivity index (χ1v) is 10.5. The predicted molar refractivity (Wildman–Crippen MR) is 110 cm³/mol. The van der Waals surface area contributed by atoms with Gasteiger partial charge in [0.05, 0.1) is 20.3 Å². The van der Waals surface area contributed by atoms with Crippen LogP contribution in [0.1, 0.15) is 29.1 Å². The van der Waals surface area contributed by atoms with Crippen molar-refractivity contribution in [2.75, 3.05) is 53.0 Å². The molecule has 0 unspecified atom stereocenters. The number of carbonyl (C=O) groups excluding carboxylic acids is 1. The summed E-state index contributed by atoms with van der Waals surface area (Å²) in [6.45, 7) is 6.30. The summed E-state index contributed by atoms with van der Waals surface area (Å²) in [5.41, 5.74) is 0.339. The first-order chi connectivity index (χ1) is 14.7. The average Bonchev–Trinajstić information content (AvgIpc) is 3.27. The van der Waals surface area contributed by atoms with Crippen molar-refractivity contribution in [2.24, 2.45) is 5.92 Å². The second-order valence-electron chi connectivity index (χ2n) is 7.82. The van der Waals surface area contributed by atoms with Crippen molar-refractivity contribution in [3.63, 3.8) is 0 Å². The fourth-order valence-corrected chi connectivity index (χ4v) is 4.04. The van der Waals surface area contributed by atoms with E-state index >= 15 is 0 Å². The number of rotatable bonds is 7. The van der Waals surface area contributed by atoms with Gasteiger partial charge in [0, 0.05) is 44.9 Å². The van der Waals surface area contributed by atoms with E-state index in [0.717, 1.165) is 64.5 Å². The van der Waals surface area contributed by atoms with Crippen LogP contribution in [0, 0.1) is 5.92 Å². The molecule has 1 amide bonds. The molecule has 1 atom stereocenters. The first-order valence-electron chi connectivity index (χ1n) is 10.5. The lowest BCUT2D eigenvalue weighted by molar-refractivity contribution is 0.0222. The number of benzene rings is 1. The molecule has 0 N–H and O–H groups in total. The second kappa shape index (κ2) is 9.95. The number of likely N-dealkylation sites (tertiary alicyclic amines) is 1. The Morgan fingerprint density at radius 3 is 2.87 bits per heavy atom. The molecule has 0 bridgehead atoms. The molecule has 2 aromatic rings. The van der Waals surface area contributed by atoms with Crippen molar-refractivity contribution in [3.05, 3.63) is 41.8 Å². The van der Waals surface area contributed by atoms with Crippen LogP contribution >= 0.6 is 0 Å². The van der Waals surface area contributed by atoms with Crippen molar-refractivity contribution in [1.29, 1.82) is 0 Å². The number of methoxy groups -OCH3 is 1. The molecule has 1 aromatic carbocycles. The number of hydrogen-bond acceptors (Lipinski definition) is 7. The van der Waals surface area contributed by atoms with Crippen molar-refractivity contribution >= 4 is 5.91 Å². The number of piperidine rings is 1. The zero-order valence-electron chi connectivity index (χ0n) is 17.4. The lowest BCUT2D eigenvalue weighted by Gasteiger charge is -2.36. The number of aromatic nitrogens is 1. The quantitative estimate of drug-likeness (QED) is 0.687. The second-order valence-corrected chi connectivity index (χ2v) is 7.82. The minimum absolute atomic E-state index is 0.0712. The maximum Gasteiger partial charge on any atom is 0.276 e. The van der Waals surface area contributed by atoms with E-state index in [2.05, 4.69) is 10.1 Å². The maximum absolute atomic E-state index is 12.9. The van der Waals surface area contributed by atoms with Crippen LogP contribution in [-0.4, -0.2) is 73.9 Å². The largest absolute Gasteiger partial charge is 0.497 e. The summed E-state index contributed by atoms with van der Waals surface area (Å²) < 4.78 is 21.7. The van der Waals surface area contributed by atoms with E-state index in [9.17, 15) is 4.79 Å². The summed E-state index contributed by atoms with van der Waals surface area (Å²) in [4.78, 5) is 17.3. The van der Waals surface area contributed by atoms with Gasteiger partial charge in [0.1, 0.15) is 18.1 Å². The topological polar surface area (TPSA) is 77.3 Å². The highest BCUT2D eigenvalue weighted by molar-refractivity contribution is 5.92. The van der Waals surface area contributed by atoms with Crippen LogP contribution in [0.15, 0.2) is 34.9 Å². The molecule has 1 aromatic heterocycles. The molecule has 0 radical (unpaired) electrons. The van der Waals surface area contributed by atoms with Gasteiger partial charge in [0.15, 0.2) is 11.5 Å². The van der Waals surface area contributed by atoms with Gasteiger partial charge < -0.3 is 23.6 Å². The monoisotopic (exact) mass is 415 g/mol. The molecule has 0 spiro atoms. The van der Waals surface area contributed by atoms with Crippen LogP contribution in [0.4, 0.5) is 0 Å². The molecule has 2 saturated heterocycles. The van der Waals surface area contributed by atoms with Crippen LogP contribution < -0.4 is 9.47 Å². The Bertz CT molecular complexity index is 834. The number of nitrogens with zero attached hydrogens (tertiary/aromatic N) is 3. The van der Waals surface area contributed by atoms with Gasteiger partial charge in [-0.15, -0.1) is 0 Å². The predicted octanol–water partition coefficient (Wildman–Crippen LogP) is 2.45. The molecule has 2 aliphatic rings. The van der Waals surface area contributed by atoms with E-state index in [1.54, 1.807) is 19.2 Å². The van der Waals surface area contributed by atoms with E-state index in [4.69, 9.17) is 18.7 Å². The molecule has 2 aliphatic heterocycles. The van der Waals surface area contributed by atoms with Crippen LogP contribution in [0.3, 0.4) is 0 Å². The Hall–Kier alpha value is -2.58. The smallest absolute Gasteiger partial charge is 0.276 e. The van der Waals surface area contributed by atoms with Gasteiger partial charge in [-0.2, -0.15) is 0 Å². The molecule has 0 saturated carbocycles. The SMILES string of the molecule is COc1cccc(OCc2cc(C(=O)N3CCC[C@@H](CN4CCOCC4)C3)no2)c1. The third-order valence-electron chi connectivity index (χ3n) is 5.63. The Kier molecular flexibility index (Phi) is 6.86. The minimum Gasteiger partial charge on any atom is -0.497 e. The summed E-state index contributed by atoms with van der Waals surface area (Å²) in [6.07, 6.45) is 2.17. The van der Waals surface area contributed by atoms with Crippen LogP contribution in [0.2, 0.25) is 0 Å². The number of morpholine rings is 1. The third kappa shape index (κ3) is 5.31. The Morgan fingerprint density at radius 1 is 1.20 bits per heavy atom. The number of ether oxygens (including phenoxy) is 3. The molecule has 2 fully saturated rings. The van der Waals surface area contributed by atoms with Crippen molar-refractivity contribution in [1.82, 2.24) is 15.0 Å². The average molecular weight is 415 g/mol. The fraction of sp³-hybridized carbons (Fsp3) is 0.545. The zero-order valence-corrected chi connectivity index (χ0v) is 17.4. The Morgan fingerprint density at radius 2 is 2.03 bits per heavy atom. The van der Waals surface area contributed by atoms with E-state index in [0.29, 0.717) is 23.1 Å². The third-order valence-corrected chi connectivity index (χ3v) is 5.63. The molecule has 162 valence electrons. The van der Waals surface area contributed by atoms with Gasteiger partial charge in [0.2, 0.25) is 0 Å². The van der Waals surface area contributed by atoms with Gasteiger partial charge in [-0.3, -0.25) is 9.69 Å². The number of carbonyl (C=O) groups is 1. The standard InChI is InChI=1S/C22H29N3O5/c1-27-18-5-2-6-19(12-18)29-16-20-13-21(23-30-20)22(26)25-7-3-4-17(15-25)14-24-8-10-28-11-9-24/h2,5-6,12-13,17H,3-4,7-11,14-16H2,1H3/t17-/m0/s1. The lowest BCUT2D eigenvalue weighted by atomic mass is 9.97. The van der Waals surface area contributed by atoms with Gasteiger partial charge in [-0.1, -0.05) is 11.2 Å². The van der Waals surface area contributed by atoms with Crippen molar-refractivity contribution < 1.29 is 23.5 Å². The van der Waals surface area contributed by atoms with Gasteiger partial charge in [-0.05, 0) is 30.9 Å². The fourth-order valence-electron chi connectivity index (χ4n) is 4.04. The van der Waals surface area contributed by atoms with Crippen LogP contribution in [0.5, 0.6) is 11.5 Å². The highest BCUT2D eigenvalue weighted by Crippen LogP contribution is 2.22.